The second-order valence-electron chi connectivity index (χ2n) is 4.38. The van der Waals surface area contributed by atoms with Crippen molar-refractivity contribution in [3.05, 3.63) is 29.8 Å². The lowest BCUT2D eigenvalue weighted by Crippen LogP contribution is -2.60. The number of carbonyl (C=O) groups is 1. The first-order valence-electron chi connectivity index (χ1n) is 6.62. The van der Waals surface area contributed by atoms with Crippen LogP contribution in [-0.4, -0.2) is 25.5 Å². The second kappa shape index (κ2) is 5.08. The van der Waals surface area contributed by atoms with Crippen molar-refractivity contribution in [1.29, 1.82) is 0 Å². The minimum atomic E-state index is -0.754. The summed E-state index contributed by atoms with van der Waals surface area (Å²) in [5, 5.41) is 6.65. The molecule has 1 heterocycles. The van der Waals surface area contributed by atoms with E-state index in [1.165, 1.54) is 0 Å². The van der Waals surface area contributed by atoms with E-state index in [2.05, 4.69) is 10.6 Å². The van der Waals surface area contributed by atoms with E-state index in [1.54, 1.807) is 0 Å². The van der Waals surface area contributed by atoms with Gasteiger partial charge < -0.3 is 4.90 Å². The molecule has 0 aromatic heterocycles. The summed E-state index contributed by atoms with van der Waals surface area (Å²) in [4.78, 5) is 14.5. The molecule has 1 amide bonds. The Balaban J connectivity index is 2.56. The first-order valence-corrected chi connectivity index (χ1v) is 6.62. The average Bonchev–Trinajstić information content (AvgIpc) is 2.61. The molecule has 2 N–H and O–H groups in total. The molecule has 4 heteroatoms. The first kappa shape index (κ1) is 13.1. The number of rotatable bonds is 5. The number of nitrogens with zero attached hydrogens (tertiary/aromatic N) is 1. The van der Waals surface area contributed by atoms with Gasteiger partial charge in [0.1, 0.15) is 0 Å². The minimum Gasteiger partial charge on any atom is -0.309 e. The number of carbonyl (C=O) groups excluding carboxylic acids is 1. The summed E-state index contributed by atoms with van der Waals surface area (Å²) < 4.78 is 0. The van der Waals surface area contributed by atoms with E-state index in [0.29, 0.717) is 6.54 Å². The number of hydrogen-bond acceptors (Lipinski definition) is 3. The summed E-state index contributed by atoms with van der Waals surface area (Å²) in [7, 11) is 0. The fraction of sp³-hybridized carbons (Fsp3) is 0.500. The van der Waals surface area contributed by atoms with Gasteiger partial charge in [-0.25, -0.2) is 0 Å². The van der Waals surface area contributed by atoms with Crippen LogP contribution >= 0.6 is 0 Å². The largest absolute Gasteiger partial charge is 0.309 e. The third-order valence-corrected chi connectivity index (χ3v) is 3.36. The zero-order valence-corrected chi connectivity index (χ0v) is 11.3. The van der Waals surface area contributed by atoms with E-state index in [1.807, 2.05) is 49.9 Å². The molecule has 0 unspecified atom stereocenters. The van der Waals surface area contributed by atoms with Gasteiger partial charge in [0.15, 0.2) is 5.66 Å². The van der Waals surface area contributed by atoms with Crippen LogP contribution in [0.25, 0.3) is 0 Å². The van der Waals surface area contributed by atoms with Gasteiger partial charge >= 0.3 is 0 Å². The maximum absolute atomic E-state index is 12.7. The van der Waals surface area contributed by atoms with Crippen LogP contribution < -0.4 is 15.5 Å². The van der Waals surface area contributed by atoms with Crippen LogP contribution in [0.5, 0.6) is 0 Å². The molecule has 0 aliphatic carbocycles. The summed E-state index contributed by atoms with van der Waals surface area (Å²) in [6.45, 7) is 8.21. The number of fused-ring (bicyclic) bond motifs is 1. The highest BCUT2D eigenvalue weighted by Crippen LogP contribution is 2.38. The predicted octanol–water partition coefficient (Wildman–Crippen LogP) is 1.42. The van der Waals surface area contributed by atoms with Crippen LogP contribution in [0, 0.1) is 0 Å². The predicted molar refractivity (Wildman–Crippen MR) is 73.5 cm³/mol. The molecule has 0 spiro atoms. The van der Waals surface area contributed by atoms with E-state index in [-0.39, 0.29) is 5.91 Å². The van der Waals surface area contributed by atoms with E-state index >= 15 is 0 Å². The quantitative estimate of drug-likeness (QED) is 0.774. The molecule has 0 atom stereocenters. The van der Waals surface area contributed by atoms with E-state index in [4.69, 9.17) is 0 Å². The molecule has 1 aliphatic heterocycles. The number of hydrogen-bond donors (Lipinski definition) is 2. The fourth-order valence-corrected chi connectivity index (χ4v) is 2.70. The van der Waals surface area contributed by atoms with Gasteiger partial charge in [0.2, 0.25) is 0 Å². The van der Waals surface area contributed by atoms with E-state index < -0.39 is 5.66 Å². The van der Waals surface area contributed by atoms with Crippen molar-refractivity contribution >= 4 is 11.6 Å². The highest BCUT2D eigenvalue weighted by molar-refractivity contribution is 6.07. The fourth-order valence-electron chi connectivity index (χ4n) is 2.70. The molecule has 1 aromatic rings. The number of nitrogens with one attached hydrogen (secondary N) is 2. The number of benzene rings is 1. The number of para-hydroxylation sites is 1. The standard InChI is InChI=1S/C14H21N3O/c1-4-15-14(16-5-2)11-9-7-8-10-12(11)17(6-3)13(14)18/h7-10,15-16H,4-6H2,1-3H3. The van der Waals surface area contributed by atoms with Gasteiger partial charge in [0.05, 0.1) is 5.69 Å². The lowest BCUT2D eigenvalue weighted by atomic mass is 10.0. The first-order chi connectivity index (χ1) is 8.71. The summed E-state index contributed by atoms with van der Waals surface area (Å²) in [6.07, 6.45) is 0. The van der Waals surface area contributed by atoms with Gasteiger partial charge in [-0.15, -0.1) is 0 Å². The van der Waals surface area contributed by atoms with Crippen LogP contribution in [0.2, 0.25) is 0 Å². The third-order valence-electron chi connectivity index (χ3n) is 3.36. The molecule has 1 aliphatic rings. The highest BCUT2D eigenvalue weighted by atomic mass is 16.2. The number of amides is 1. The van der Waals surface area contributed by atoms with Crippen molar-refractivity contribution in [1.82, 2.24) is 10.6 Å². The molecule has 0 fully saturated rings. The number of likely N-dealkylation sites (N-methyl/N-ethyl adjacent to an activating group) is 3. The summed E-state index contributed by atoms with van der Waals surface area (Å²) in [5.74, 6) is 0.0925. The van der Waals surface area contributed by atoms with Gasteiger partial charge in [0.25, 0.3) is 5.91 Å². The monoisotopic (exact) mass is 247 g/mol. The Morgan fingerprint density at radius 3 is 2.28 bits per heavy atom. The zero-order valence-electron chi connectivity index (χ0n) is 11.3. The van der Waals surface area contributed by atoms with Gasteiger partial charge in [-0.05, 0) is 26.1 Å². The maximum atomic E-state index is 12.7. The Morgan fingerprint density at radius 2 is 1.72 bits per heavy atom. The Morgan fingerprint density at radius 1 is 1.11 bits per heavy atom. The molecule has 98 valence electrons. The highest BCUT2D eigenvalue weighted by Gasteiger charge is 2.49. The molecule has 4 nitrogen and oxygen atoms in total. The van der Waals surface area contributed by atoms with Crippen LogP contribution in [0.4, 0.5) is 5.69 Å². The van der Waals surface area contributed by atoms with Crippen LogP contribution in [-0.2, 0) is 10.5 Å². The van der Waals surface area contributed by atoms with E-state index in [0.717, 1.165) is 24.3 Å². The Kier molecular flexibility index (Phi) is 3.68. The van der Waals surface area contributed by atoms with Gasteiger partial charge in [-0.2, -0.15) is 0 Å². The molecule has 0 saturated heterocycles. The zero-order chi connectivity index (χ0) is 13.2. The van der Waals surface area contributed by atoms with Crippen molar-refractivity contribution in [3.8, 4) is 0 Å². The summed E-state index contributed by atoms with van der Waals surface area (Å²) in [5.41, 5.74) is 1.28. The van der Waals surface area contributed by atoms with Crippen molar-refractivity contribution < 1.29 is 4.79 Å². The minimum absolute atomic E-state index is 0.0925. The molecule has 0 radical (unpaired) electrons. The van der Waals surface area contributed by atoms with Crippen LogP contribution in [0.3, 0.4) is 0 Å². The van der Waals surface area contributed by atoms with Crippen LogP contribution in [0.1, 0.15) is 26.3 Å². The van der Waals surface area contributed by atoms with Gasteiger partial charge in [-0.1, -0.05) is 32.0 Å². The SMILES string of the molecule is CCNC1(NCC)C(=O)N(CC)c2ccccc21. The van der Waals surface area contributed by atoms with Gasteiger partial charge in [0, 0.05) is 12.1 Å². The lowest BCUT2D eigenvalue weighted by molar-refractivity contribution is -0.125. The molecular weight excluding hydrogens is 226 g/mol. The Hall–Kier alpha value is -1.39. The van der Waals surface area contributed by atoms with Crippen LogP contribution in [0.15, 0.2) is 24.3 Å². The molecule has 0 bridgehead atoms. The van der Waals surface area contributed by atoms with Crippen molar-refractivity contribution in [2.75, 3.05) is 24.5 Å². The maximum Gasteiger partial charge on any atom is 0.267 e. The molecule has 0 saturated carbocycles. The summed E-state index contributed by atoms with van der Waals surface area (Å²) >= 11 is 0. The van der Waals surface area contributed by atoms with E-state index in [9.17, 15) is 4.79 Å². The van der Waals surface area contributed by atoms with Crippen molar-refractivity contribution in [3.63, 3.8) is 0 Å². The molecule has 1 aromatic carbocycles. The average molecular weight is 247 g/mol. The lowest BCUT2D eigenvalue weighted by Gasteiger charge is -2.30. The Labute approximate surface area is 108 Å². The topological polar surface area (TPSA) is 44.4 Å². The van der Waals surface area contributed by atoms with Crippen molar-refractivity contribution in [2.45, 2.75) is 26.4 Å². The Bertz CT molecular complexity index is 438. The third kappa shape index (κ3) is 1.72. The molecule has 18 heavy (non-hydrogen) atoms. The normalized spacial score (nSPS) is 17.1. The second-order valence-corrected chi connectivity index (χ2v) is 4.38. The van der Waals surface area contributed by atoms with Gasteiger partial charge in [-0.3, -0.25) is 15.4 Å². The van der Waals surface area contributed by atoms with Crippen molar-refractivity contribution in [2.24, 2.45) is 0 Å². The smallest absolute Gasteiger partial charge is 0.267 e. The molecular formula is C14H21N3O. The number of anilines is 1. The summed E-state index contributed by atoms with van der Waals surface area (Å²) in [6, 6.07) is 7.98. The molecule has 2 rings (SSSR count).